The second-order valence-electron chi connectivity index (χ2n) is 3.53. The first-order chi connectivity index (χ1) is 6.84. The van der Waals surface area contributed by atoms with Crippen molar-refractivity contribution in [2.45, 2.75) is 18.9 Å². The van der Waals surface area contributed by atoms with Crippen LogP contribution >= 0.6 is 11.6 Å². The fourth-order valence-electron chi connectivity index (χ4n) is 1.66. The van der Waals surface area contributed by atoms with Crippen molar-refractivity contribution in [1.82, 2.24) is 10.3 Å². The van der Waals surface area contributed by atoms with Crippen LogP contribution in [-0.4, -0.2) is 24.1 Å². The molecule has 0 spiro atoms. The Hall–Kier alpha value is -0.800. The van der Waals surface area contributed by atoms with Crippen LogP contribution in [0.15, 0.2) is 18.3 Å². The van der Waals surface area contributed by atoms with Gasteiger partial charge in [-0.3, -0.25) is 0 Å². The van der Waals surface area contributed by atoms with Crippen LogP contribution in [0, 0.1) is 0 Å². The van der Waals surface area contributed by atoms with E-state index in [4.69, 9.17) is 11.6 Å². The molecule has 2 rings (SSSR count). The lowest BCUT2D eigenvalue weighted by Crippen LogP contribution is -2.35. The van der Waals surface area contributed by atoms with E-state index in [-0.39, 0.29) is 0 Å². The van der Waals surface area contributed by atoms with Gasteiger partial charge in [-0.05, 0) is 38.1 Å². The number of anilines is 1. The number of nitrogens with one attached hydrogen (secondary N) is 2. The van der Waals surface area contributed by atoms with Gasteiger partial charge >= 0.3 is 0 Å². The van der Waals surface area contributed by atoms with Crippen molar-refractivity contribution in [3.63, 3.8) is 0 Å². The summed E-state index contributed by atoms with van der Waals surface area (Å²) in [7, 11) is 0. The van der Waals surface area contributed by atoms with Gasteiger partial charge in [0.1, 0.15) is 5.82 Å². The molecule has 1 saturated heterocycles. The van der Waals surface area contributed by atoms with E-state index in [1.807, 2.05) is 6.07 Å². The van der Waals surface area contributed by atoms with Crippen molar-refractivity contribution in [2.24, 2.45) is 0 Å². The summed E-state index contributed by atoms with van der Waals surface area (Å²) in [6, 6.07) is 4.18. The second-order valence-corrected chi connectivity index (χ2v) is 3.96. The molecule has 2 N–H and O–H groups in total. The van der Waals surface area contributed by atoms with Gasteiger partial charge in [0.15, 0.2) is 0 Å². The number of hydrogen-bond acceptors (Lipinski definition) is 3. The summed E-state index contributed by atoms with van der Waals surface area (Å²) in [5, 5.41) is 7.44. The third-order valence-electron chi connectivity index (χ3n) is 2.41. The van der Waals surface area contributed by atoms with E-state index >= 15 is 0 Å². The molecule has 0 aliphatic carbocycles. The standard InChI is InChI=1S/C10H14ClN3/c11-8-1-6-13-10(7-8)14-9-2-4-12-5-3-9/h1,6-7,9,12H,2-5H2,(H,13,14). The molecule has 0 saturated carbocycles. The number of piperidine rings is 1. The van der Waals surface area contributed by atoms with Crippen LogP contribution in [0.25, 0.3) is 0 Å². The maximum atomic E-state index is 5.87. The fraction of sp³-hybridized carbons (Fsp3) is 0.500. The molecule has 0 unspecified atom stereocenters. The smallest absolute Gasteiger partial charge is 0.127 e. The topological polar surface area (TPSA) is 37.0 Å². The van der Waals surface area contributed by atoms with Gasteiger partial charge in [-0.15, -0.1) is 0 Å². The summed E-state index contributed by atoms with van der Waals surface area (Å²) in [5.41, 5.74) is 0. The van der Waals surface area contributed by atoms with Crippen LogP contribution in [0.3, 0.4) is 0 Å². The molecule has 1 fully saturated rings. The van der Waals surface area contributed by atoms with Crippen molar-refractivity contribution < 1.29 is 0 Å². The first-order valence-electron chi connectivity index (χ1n) is 4.93. The summed E-state index contributed by atoms with van der Waals surface area (Å²) >= 11 is 5.87. The zero-order valence-corrected chi connectivity index (χ0v) is 8.72. The highest BCUT2D eigenvalue weighted by atomic mass is 35.5. The van der Waals surface area contributed by atoms with E-state index in [0.29, 0.717) is 6.04 Å². The number of halogens is 1. The maximum Gasteiger partial charge on any atom is 0.127 e. The molecular formula is C10H14ClN3. The first-order valence-corrected chi connectivity index (χ1v) is 5.31. The van der Waals surface area contributed by atoms with Gasteiger partial charge in [-0.1, -0.05) is 11.6 Å². The molecule has 3 nitrogen and oxygen atoms in total. The Kier molecular flexibility index (Phi) is 3.22. The Morgan fingerprint density at radius 3 is 2.93 bits per heavy atom. The Morgan fingerprint density at radius 1 is 1.43 bits per heavy atom. The lowest BCUT2D eigenvalue weighted by molar-refractivity contribution is 0.478. The summed E-state index contributed by atoms with van der Waals surface area (Å²) in [4.78, 5) is 4.22. The average Bonchev–Trinajstić information content (AvgIpc) is 2.19. The minimum absolute atomic E-state index is 0.530. The average molecular weight is 212 g/mol. The van der Waals surface area contributed by atoms with Gasteiger partial charge in [0.25, 0.3) is 0 Å². The van der Waals surface area contributed by atoms with Crippen LogP contribution in [0.4, 0.5) is 5.82 Å². The molecule has 0 radical (unpaired) electrons. The van der Waals surface area contributed by atoms with Crippen molar-refractivity contribution in [2.75, 3.05) is 18.4 Å². The summed E-state index contributed by atoms with van der Waals surface area (Å²) < 4.78 is 0. The quantitative estimate of drug-likeness (QED) is 0.785. The predicted octanol–water partition coefficient (Wildman–Crippen LogP) is 1.90. The predicted molar refractivity (Wildman–Crippen MR) is 58.8 cm³/mol. The van der Waals surface area contributed by atoms with Gasteiger partial charge in [0.2, 0.25) is 0 Å². The largest absolute Gasteiger partial charge is 0.367 e. The third kappa shape index (κ3) is 2.59. The van der Waals surface area contributed by atoms with E-state index in [1.54, 1.807) is 12.3 Å². The SMILES string of the molecule is Clc1ccnc(NC2CCNCC2)c1. The lowest BCUT2D eigenvalue weighted by Gasteiger charge is -2.24. The van der Waals surface area contributed by atoms with Gasteiger partial charge < -0.3 is 10.6 Å². The highest BCUT2D eigenvalue weighted by Crippen LogP contribution is 2.15. The van der Waals surface area contributed by atoms with Crippen LogP contribution in [0.5, 0.6) is 0 Å². The monoisotopic (exact) mass is 211 g/mol. The van der Waals surface area contributed by atoms with E-state index in [1.165, 1.54) is 0 Å². The molecule has 0 aromatic carbocycles. The molecule has 1 aliphatic heterocycles. The Balaban J connectivity index is 1.95. The molecule has 76 valence electrons. The van der Waals surface area contributed by atoms with Crippen molar-refractivity contribution >= 4 is 17.4 Å². The highest BCUT2D eigenvalue weighted by molar-refractivity contribution is 6.30. The van der Waals surface area contributed by atoms with Crippen LogP contribution < -0.4 is 10.6 Å². The van der Waals surface area contributed by atoms with Crippen molar-refractivity contribution in [3.8, 4) is 0 Å². The zero-order valence-electron chi connectivity index (χ0n) is 7.96. The number of pyridine rings is 1. The maximum absolute atomic E-state index is 5.87. The molecule has 0 bridgehead atoms. The number of aromatic nitrogens is 1. The van der Waals surface area contributed by atoms with E-state index in [9.17, 15) is 0 Å². The normalized spacial score (nSPS) is 18.1. The first kappa shape index (κ1) is 9.74. The second kappa shape index (κ2) is 4.62. The van der Waals surface area contributed by atoms with Gasteiger partial charge in [-0.2, -0.15) is 0 Å². The Labute approximate surface area is 88.9 Å². The number of hydrogen-bond donors (Lipinski definition) is 2. The van der Waals surface area contributed by atoms with Gasteiger partial charge in [0, 0.05) is 17.3 Å². The molecule has 1 aromatic rings. The number of rotatable bonds is 2. The molecule has 4 heteroatoms. The zero-order chi connectivity index (χ0) is 9.80. The van der Waals surface area contributed by atoms with Crippen LogP contribution in [0.2, 0.25) is 5.02 Å². The minimum Gasteiger partial charge on any atom is -0.367 e. The molecule has 1 aromatic heterocycles. The Bertz CT molecular complexity index is 297. The molecule has 0 atom stereocenters. The molecule has 14 heavy (non-hydrogen) atoms. The molecular weight excluding hydrogens is 198 g/mol. The molecule has 0 amide bonds. The van der Waals surface area contributed by atoms with Crippen molar-refractivity contribution in [1.29, 1.82) is 0 Å². The summed E-state index contributed by atoms with van der Waals surface area (Å²) in [6.45, 7) is 2.16. The molecule has 1 aliphatic rings. The van der Waals surface area contributed by atoms with Crippen molar-refractivity contribution in [3.05, 3.63) is 23.4 Å². The fourth-order valence-corrected chi connectivity index (χ4v) is 1.82. The van der Waals surface area contributed by atoms with E-state index in [0.717, 1.165) is 36.8 Å². The highest BCUT2D eigenvalue weighted by Gasteiger charge is 2.12. The Morgan fingerprint density at radius 2 is 2.21 bits per heavy atom. The van der Waals surface area contributed by atoms with Crippen LogP contribution in [0.1, 0.15) is 12.8 Å². The number of nitrogens with zero attached hydrogens (tertiary/aromatic N) is 1. The summed E-state index contributed by atoms with van der Waals surface area (Å²) in [6.07, 6.45) is 4.02. The van der Waals surface area contributed by atoms with Gasteiger partial charge in [0.05, 0.1) is 0 Å². The third-order valence-corrected chi connectivity index (χ3v) is 2.65. The lowest BCUT2D eigenvalue weighted by atomic mass is 10.1. The van der Waals surface area contributed by atoms with Crippen LogP contribution in [-0.2, 0) is 0 Å². The van der Waals surface area contributed by atoms with E-state index < -0.39 is 0 Å². The minimum atomic E-state index is 0.530. The van der Waals surface area contributed by atoms with E-state index in [2.05, 4.69) is 15.6 Å². The van der Waals surface area contributed by atoms with Gasteiger partial charge in [-0.25, -0.2) is 4.98 Å². The summed E-state index contributed by atoms with van der Waals surface area (Å²) in [5.74, 6) is 0.879. The molecule has 2 heterocycles.